The number of aliphatic hydroxyl groups excluding tert-OH is 1. The van der Waals surface area contributed by atoms with E-state index in [0.717, 1.165) is 11.1 Å². The zero-order valence-corrected chi connectivity index (χ0v) is 22.6. The van der Waals surface area contributed by atoms with Crippen molar-refractivity contribution in [2.24, 2.45) is 22.4 Å². The first-order valence-electron chi connectivity index (χ1n) is 13.2. The van der Waals surface area contributed by atoms with Gasteiger partial charge in [-0.25, -0.2) is 4.99 Å². The Bertz CT molecular complexity index is 1500. The SMILES string of the molecule is NC(N)=N[C@H]1Oc2ccc(cc2)CC[C@@H](S(=O)(=O)O)[C@H]2C=C([C@@H](O)c3ccc(O)cc3)CC[C@@H]2c2ccc1cc2. The number of ether oxygens (including phenoxy) is 1. The zero-order valence-electron chi connectivity index (χ0n) is 21.8. The molecular formula is C30H33N3O6S. The van der Waals surface area contributed by atoms with E-state index in [4.69, 9.17) is 16.2 Å². The van der Waals surface area contributed by atoms with E-state index in [0.29, 0.717) is 41.7 Å². The number of hydrogen-bond acceptors (Lipinski definition) is 6. The predicted molar refractivity (Wildman–Crippen MR) is 152 cm³/mol. The molecule has 5 aliphatic rings. The predicted octanol–water partition coefficient (Wildman–Crippen LogP) is 4.10. The fraction of sp³-hybridized carbons (Fsp3) is 0.300. The van der Waals surface area contributed by atoms with Crippen molar-refractivity contribution in [1.82, 2.24) is 0 Å². The molecule has 7 N–H and O–H groups in total. The molecule has 0 fully saturated rings. The highest BCUT2D eigenvalue weighted by atomic mass is 32.2. The Kier molecular flexibility index (Phi) is 7.84. The lowest BCUT2D eigenvalue weighted by Gasteiger charge is -2.36. The molecule has 40 heavy (non-hydrogen) atoms. The maximum Gasteiger partial charge on any atom is 0.268 e. The van der Waals surface area contributed by atoms with Crippen LogP contribution in [0.4, 0.5) is 0 Å². The van der Waals surface area contributed by atoms with Crippen LogP contribution in [0.5, 0.6) is 11.5 Å². The average molecular weight is 564 g/mol. The number of rotatable bonds is 4. The van der Waals surface area contributed by atoms with Gasteiger partial charge in [-0.15, -0.1) is 0 Å². The number of guanidine groups is 1. The van der Waals surface area contributed by atoms with Gasteiger partial charge in [-0.05, 0) is 78.1 Å². The number of benzene rings is 3. The third-order valence-corrected chi connectivity index (χ3v) is 9.11. The standard InChI is InChI=1S/C30H33N3O6S/c31-30(32)33-29-21-6-4-19(5-7-21)25-15-10-22(28(35)20-8-11-23(34)12-9-20)17-26(25)27(40(36,37)38)16-3-18-1-13-24(39-29)14-2-18/h1-2,4-9,11-14,17,25-29,34-35H,3,10,15-16H2,(H4,31,32,33)(H,36,37,38)/t25-,26+,27-,28+,29+/m1/s1. The number of aromatic hydroxyl groups is 1. The molecule has 0 spiro atoms. The van der Waals surface area contributed by atoms with Crippen LogP contribution < -0.4 is 16.2 Å². The van der Waals surface area contributed by atoms with Gasteiger partial charge in [-0.3, -0.25) is 4.55 Å². The summed E-state index contributed by atoms with van der Waals surface area (Å²) in [6.07, 6.45) is 1.79. The van der Waals surface area contributed by atoms with Crippen molar-refractivity contribution in [3.63, 3.8) is 0 Å². The summed E-state index contributed by atoms with van der Waals surface area (Å²) in [5.41, 5.74) is 15.1. The minimum Gasteiger partial charge on any atom is -0.508 e. The molecule has 0 saturated carbocycles. The third kappa shape index (κ3) is 6.14. The molecule has 0 unspecified atom stereocenters. The van der Waals surface area contributed by atoms with Crippen LogP contribution in [0.3, 0.4) is 0 Å². The maximum atomic E-state index is 12.9. The number of hydrogen-bond donors (Lipinski definition) is 5. The third-order valence-electron chi connectivity index (χ3n) is 7.79. The van der Waals surface area contributed by atoms with Gasteiger partial charge in [0.05, 0.1) is 5.25 Å². The van der Waals surface area contributed by atoms with Crippen molar-refractivity contribution >= 4 is 16.1 Å². The summed E-state index contributed by atoms with van der Waals surface area (Å²) in [5, 5.41) is 19.7. The van der Waals surface area contributed by atoms with Crippen LogP contribution in [0.25, 0.3) is 0 Å². The Morgan fingerprint density at radius 1 is 0.900 bits per heavy atom. The minimum absolute atomic E-state index is 0.0888. The van der Waals surface area contributed by atoms with E-state index in [1.54, 1.807) is 24.3 Å². The molecule has 3 aromatic rings. The number of aliphatic imine (C=N–C) groups is 1. The van der Waals surface area contributed by atoms with Crippen molar-refractivity contribution in [2.45, 2.75) is 49.2 Å². The smallest absolute Gasteiger partial charge is 0.268 e. The summed E-state index contributed by atoms with van der Waals surface area (Å²) in [7, 11) is -4.45. The van der Waals surface area contributed by atoms with Gasteiger partial charge >= 0.3 is 0 Å². The molecule has 9 nitrogen and oxygen atoms in total. The molecule has 0 radical (unpaired) electrons. The van der Waals surface area contributed by atoms with Gasteiger partial charge in [0.25, 0.3) is 10.1 Å². The number of nitrogens with two attached hydrogens (primary N) is 2. The largest absolute Gasteiger partial charge is 0.508 e. The van der Waals surface area contributed by atoms with E-state index in [1.807, 2.05) is 42.5 Å². The molecule has 3 aromatic carbocycles. The van der Waals surface area contributed by atoms with Crippen LogP contribution in [0.2, 0.25) is 0 Å². The first-order chi connectivity index (χ1) is 19.1. The quantitative estimate of drug-likeness (QED) is 0.137. The summed E-state index contributed by atoms with van der Waals surface area (Å²) in [6, 6.07) is 21.0. The first kappa shape index (κ1) is 27.7. The van der Waals surface area contributed by atoms with E-state index in [-0.39, 0.29) is 24.0 Å². The average Bonchev–Trinajstić information content (AvgIpc) is 2.93. The topological polar surface area (TPSA) is 168 Å². The van der Waals surface area contributed by atoms with Crippen LogP contribution in [0.15, 0.2) is 89.4 Å². The van der Waals surface area contributed by atoms with Gasteiger partial charge < -0.3 is 26.4 Å². The van der Waals surface area contributed by atoms with Crippen LogP contribution in [-0.2, 0) is 16.5 Å². The molecule has 1 aliphatic carbocycles. The highest BCUT2D eigenvalue weighted by Gasteiger charge is 2.39. The molecule has 0 amide bonds. The first-order valence-corrected chi connectivity index (χ1v) is 14.7. The molecule has 4 bridgehead atoms. The van der Waals surface area contributed by atoms with E-state index in [1.165, 1.54) is 12.1 Å². The van der Waals surface area contributed by atoms with Crippen LogP contribution in [0.1, 0.15) is 59.8 Å². The van der Waals surface area contributed by atoms with Gasteiger partial charge in [0.2, 0.25) is 6.23 Å². The molecule has 4 heterocycles. The minimum atomic E-state index is -4.45. The fourth-order valence-electron chi connectivity index (χ4n) is 5.74. The van der Waals surface area contributed by atoms with Crippen molar-refractivity contribution < 1.29 is 27.9 Å². The van der Waals surface area contributed by atoms with Gasteiger partial charge in [0.15, 0.2) is 5.96 Å². The van der Waals surface area contributed by atoms with E-state index in [9.17, 15) is 23.2 Å². The van der Waals surface area contributed by atoms with Gasteiger partial charge in [0.1, 0.15) is 17.6 Å². The highest BCUT2D eigenvalue weighted by Crippen LogP contribution is 2.44. The summed E-state index contributed by atoms with van der Waals surface area (Å²) >= 11 is 0. The second-order valence-electron chi connectivity index (χ2n) is 10.4. The molecule has 0 aromatic heterocycles. The lowest BCUT2D eigenvalue weighted by Crippen LogP contribution is -2.35. The molecule has 8 rings (SSSR count). The molecular weight excluding hydrogens is 530 g/mol. The summed E-state index contributed by atoms with van der Waals surface area (Å²) in [6.45, 7) is 0. The van der Waals surface area contributed by atoms with Crippen molar-refractivity contribution in [3.8, 4) is 11.5 Å². The van der Waals surface area contributed by atoms with Gasteiger partial charge in [-0.1, -0.05) is 54.6 Å². The molecule has 210 valence electrons. The van der Waals surface area contributed by atoms with Gasteiger partial charge in [-0.2, -0.15) is 8.42 Å². The Morgan fingerprint density at radius 3 is 2.17 bits per heavy atom. The maximum absolute atomic E-state index is 12.9. The second-order valence-corrected chi connectivity index (χ2v) is 12.0. The van der Waals surface area contributed by atoms with Crippen LogP contribution in [-0.4, -0.2) is 34.4 Å². The van der Waals surface area contributed by atoms with Crippen molar-refractivity contribution in [1.29, 1.82) is 0 Å². The lowest BCUT2D eigenvalue weighted by molar-refractivity contribution is 0.203. The Hall–Kier alpha value is -3.86. The Morgan fingerprint density at radius 2 is 1.55 bits per heavy atom. The van der Waals surface area contributed by atoms with Gasteiger partial charge in [0, 0.05) is 11.5 Å². The number of nitrogens with zero attached hydrogens (tertiary/aromatic N) is 1. The number of aryl methyl sites for hydroxylation is 1. The molecule has 0 saturated heterocycles. The highest BCUT2D eigenvalue weighted by molar-refractivity contribution is 7.86. The molecule has 5 atom stereocenters. The second kappa shape index (κ2) is 11.3. The number of allylic oxidation sites excluding steroid dienone is 1. The summed E-state index contributed by atoms with van der Waals surface area (Å²) in [5.74, 6) is -0.298. The van der Waals surface area contributed by atoms with Crippen molar-refractivity contribution in [3.05, 3.63) is 107 Å². The number of aliphatic hydroxyl groups is 1. The molecule has 10 heteroatoms. The summed E-state index contributed by atoms with van der Waals surface area (Å²) in [4.78, 5) is 4.25. The monoisotopic (exact) mass is 563 g/mol. The van der Waals surface area contributed by atoms with Crippen molar-refractivity contribution in [2.75, 3.05) is 0 Å². The normalized spacial score (nSPS) is 23.6. The Labute approximate surface area is 233 Å². The lowest BCUT2D eigenvalue weighted by atomic mass is 9.73. The number of phenolic OH excluding ortho intramolecular Hbond substituents is 1. The number of phenols is 1. The van der Waals surface area contributed by atoms with E-state index in [2.05, 4.69) is 4.99 Å². The van der Waals surface area contributed by atoms with Crippen LogP contribution in [0, 0.1) is 5.92 Å². The molecule has 4 aliphatic heterocycles. The van der Waals surface area contributed by atoms with E-state index >= 15 is 0 Å². The zero-order chi connectivity index (χ0) is 28.4. The Balaban J connectivity index is 1.60. The fourth-order valence-corrected chi connectivity index (χ4v) is 6.82. The summed E-state index contributed by atoms with van der Waals surface area (Å²) < 4.78 is 42.2. The van der Waals surface area contributed by atoms with E-state index < -0.39 is 33.6 Å². The van der Waals surface area contributed by atoms with Crippen LogP contribution >= 0.6 is 0 Å².